The highest BCUT2D eigenvalue weighted by Crippen LogP contribution is 2.35. The van der Waals surface area contributed by atoms with Gasteiger partial charge in [0.2, 0.25) is 0 Å². The third kappa shape index (κ3) is 6.14. The fraction of sp³-hybridized carbons (Fsp3) is 0.280. The fourth-order valence-corrected chi connectivity index (χ4v) is 4.57. The highest BCUT2D eigenvalue weighted by Gasteiger charge is 2.12. The molecule has 0 aliphatic heterocycles. The van der Waals surface area contributed by atoms with Crippen LogP contribution in [-0.4, -0.2) is 61.3 Å². The Morgan fingerprint density at radius 1 is 1.14 bits per heavy atom. The summed E-state index contributed by atoms with van der Waals surface area (Å²) in [5.41, 5.74) is 1.87. The van der Waals surface area contributed by atoms with Crippen LogP contribution >= 0.6 is 22.9 Å². The SMILES string of the molecule is COc1cc(/C=c2\sc3nc(-c4cccc(OCCOCCOCCF)c4)cn3c2=O)cc(Cl)c1O. The number of aromatic hydroxyl groups is 1. The molecule has 0 fully saturated rings. The molecule has 0 bridgehead atoms. The van der Waals surface area contributed by atoms with Gasteiger partial charge in [-0.3, -0.25) is 9.20 Å². The molecule has 0 unspecified atom stereocenters. The molecule has 4 aromatic rings. The second-order valence-corrected chi connectivity index (χ2v) is 8.95. The van der Waals surface area contributed by atoms with E-state index in [4.69, 9.17) is 30.5 Å². The average molecular weight is 535 g/mol. The van der Waals surface area contributed by atoms with Crippen LogP contribution in [0.3, 0.4) is 0 Å². The predicted octanol–water partition coefficient (Wildman–Crippen LogP) is 3.72. The number of phenolic OH excluding ortho intramolecular Hbond substituents is 1. The van der Waals surface area contributed by atoms with Crippen molar-refractivity contribution in [3.05, 3.63) is 68.1 Å². The van der Waals surface area contributed by atoms with E-state index in [1.807, 2.05) is 24.3 Å². The Morgan fingerprint density at radius 3 is 2.67 bits per heavy atom. The normalized spacial score (nSPS) is 11.9. The lowest BCUT2D eigenvalue weighted by atomic mass is 10.1. The van der Waals surface area contributed by atoms with Crippen molar-refractivity contribution >= 4 is 34.0 Å². The van der Waals surface area contributed by atoms with Crippen molar-refractivity contribution in [2.75, 3.05) is 46.8 Å². The minimum absolute atomic E-state index is 0.0777. The molecule has 190 valence electrons. The molecule has 0 aliphatic carbocycles. The lowest BCUT2D eigenvalue weighted by molar-refractivity contribution is 0.0325. The summed E-state index contributed by atoms with van der Waals surface area (Å²) in [5.74, 6) is 0.722. The monoisotopic (exact) mass is 534 g/mol. The standard InChI is InChI=1S/C25H24ClFN2O6S/c1-32-21-12-16(11-19(26)23(21)30)13-22-24(31)29-15-20(28-25(29)36-22)17-3-2-4-18(14-17)35-10-9-34-8-7-33-6-5-27/h2-4,11-15,30H,5-10H2,1H3/b22-13-. The van der Waals surface area contributed by atoms with Crippen molar-refractivity contribution in [2.24, 2.45) is 0 Å². The molecule has 2 aromatic carbocycles. The quantitative estimate of drug-likeness (QED) is 0.277. The van der Waals surface area contributed by atoms with E-state index in [0.29, 0.717) is 52.9 Å². The Balaban J connectivity index is 1.46. The number of rotatable bonds is 12. The minimum Gasteiger partial charge on any atom is -0.503 e. The maximum Gasteiger partial charge on any atom is 0.274 e. The van der Waals surface area contributed by atoms with Crippen molar-refractivity contribution in [3.8, 4) is 28.5 Å². The number of phenols is 1. The Bertz CT molecular complexity index is 1440. The number of alkyl halides is 1. The van der Waals surface area contributed by atoms with Crippen LogP contribution in [0.15, 0.2) is 47.4 Å². The van der Waals surface area contributed by atoms with Gasteiger partial charge < -0.3 is 24.1 Å². The molecule has 11 heteroatoms. The number of hydrogen-bond donors (Lipinski definition) is 1. The zero-order valence-corrected chi connectivity index (χ0v) is 21.0. The Hall–Kier alpha value is -3.18. The molecule has 0 amide bonds. The van der Waals surface area contributed by atoms with Crippen molar-refractivity contribution in [1.29, 1.82) is 0 Å². The van der Waals surface area contributed by atoms with Crippen LogP contribution in [0.4, 0.5) is 4.39 Å². The molecule has 0 spiro atoms. The molecule has 8 nitrogen and oxygen atoms in total. The first-order valence-corrected chi connectivity index (χ1v) is 12.2. The van der Waals surface area contributed by atoms with E-state index in [0.717, 1.165) is 5.56 Å². The molecule has 0 aliphatic rings. The van der Waals surface area contributed by atoms with Gasteiger partial charge in [0, 0.05) is 11.8 Å². The highest BCUT2D eigenvalue weighted by atomic mass is 35.5. The second kappa shape index (κ2) is 12.2. The Kier molecular flexibility index (Phi) is 8.76. The molecular weight excluding hydrogens is 511 g/mol. The molecule has 2 heterocycles. The number of methoxy groups -OCH3 is 1. The molecule has 0 saturated carbocycles. The number of aromatic nitrogens is 2. The van der Waals surface area contributed by atoms with Crippen LogP contribution in [0, 0.1) is 0 Å². The van der Waals surface area contributed by atoms with E-state index < -0.39 is 6.67 Å². The molecule has 36 heavy (non-hydrogen) atoms. The first-order valence-electron chi connectivity index (χ1n) is 11.0. The summed E-state index contributed by atoms with van der Waals surface area (Å²) in [7, 11) is 1.43. The molecule has 2 aromatic heterocycles. The summed E-state index contributed by atoms with van der Waals surface area (Å²) in [6.45, 7) is 1.01. The second-order valence-electron chi connectivity index (χ2n) is 7.54. The van der Waals surface area contributed by atoms with Crippen LogP contribution in [0.1, 0.15) is 5.56 Å². The number of fused-ring (bicyclic) bond motifs is 1. The number of nitrogens with zero attached hydrogens (tertiary/aromatic N) is 2. The maximum atomic E-state index is 13.0. The minimum atomic E-state index is -0.505. The van der Waals surface area contributed by atoms with Gasteiger partial charge in [0.15, 0.2) is 16.5 Å². The Morgan fingerprint density at radius 2 is 1.92 bits per heavy atom. The lowest BCUT2D eigenvalue weighted by Crippen LogP contribution is -2.22. The Labute approximate surface area is 215 Å². The van der Waals surface area contributed by atoms with E-state index in [2.05, 4.69) is 4.98 Å². The van der Waals surface area contributed by atoms with E-state index in [1.54, 1.807) is 24.4 Å². The van der Waals surface area contributed by atoms with E-state index in [-0.39, 0.29) is 28.7 Å². The van der Waals surface area contributed by atoms with E-state index in [9.17, 15) is 14.3 Å². The van der Waals surface area contributed by atoms with Crippen LogP contribution < -0.4 is 19.6 Å². The summed E-state index contributed by atoms with van der Waals surface area (Å²) in [4.78, 5) is 18.1. The van der Waals surface area contributed by atoms with Crippen molar-refractivity contribution in [3.63, 3.8) is 0 Å². The summed E-state index contributed by atoms with van der Waals surface area (Å²) in [6.07, 6.45) is 3.37. The van der Waals surface area contributed by atoms with Gasteiger partial charge in [-0.05, 0) is 35.9 Å². The smallest absolute Gasteiger partial charge is 0.274 e. The topological polar surface area (TPSA) is 91.5 Å². The molecule has 0 radical (unpaired) electrons. The third-order valence-corrected chi connectivity index (χ3v) is 6.36. The van der Waals surface area contributed by atoms with Crippen LogP contribution in [0.25, 0.3) is 22.3 Å². The van der Waals surface area contributed by atoms with Gasteiger partial charge in [-0.15, -0.1) is 0 Å². The van der Waals surface area contributed by atoms with Crippen LogP contribution in [0.5, 0.6) is 17.2 Å². The first kappa shape index (κ1) is 25.9. The number of ether oxygens (including phenoxy) is 4. The molecule has 0 atom stereocenters. The number of benzene rings is 2. The first-order chi connectivity index (χ1) is 17.5. The third-order valence-electron chi connectivity index (χ3n) is 5.09. The number of hydrogen-bond acceptors (Lipinski definition) is 8. The molecule has 1 N–H and O–H groups in total. The lowest BCUT2D eigenvalue weighted by Gasteiger charge is -2.08. The molecule has 4 rings (SSSR count). The van der Waals surface area contributed by atoms with Gasteiger partial charge in [0.1, 0.15) is 19.0 Å². The summed E-state index contributed by atoms with van der Waals surface area (Å²) >= 11 is 7.30. The van der Waals surface area contributed by atoms with Gasteiger partial charge in [0.05, 0.1) is 48.8 Å². The van der Waals surface area contributed by atoms with Gasteiger partial charge in [-0.1, -0.05) is 35.1 Å². The van der Waals surface area contributed by atoms with Crippen LogP contribution in [0.2, 0.25) is 5.02 Å². The maximum absolute atomic E-state index is 13.0. The van der Waals surface area contributed by atoms with E-state index in [1.165, 1.54) is 22.8 Å². The van der Waals surface area contributed by atoms with Crippen LogP contribution in [-0.2, 0) is 9.47 Å². The van der Waals surface area contributed by atoms with Crippen molar-refractivity contribution in [2.45, 2.75) is 0 Å². The number of thiazole rings is 1. The van der Waals surface area contributed by atoms with Gasteiger partial charge >= 0.3 is 0 Å². The van der Waals surface area contributed by atoms with Gasteiger partial charge in [-0.25, -0.2) is 9.37 Å². The number of halogens is 2. The number of imidazole rings is 1. The zero-order valence-electron chi connectivity index (χ0n) is 19.4. The zero-order chi connectivity index (χ0) is 25.5. The fourth-order valence-electron chi connectivity index (χ4n) is 3.40. The average Bonchev–Trinajstić information content (AvgIpc) is 3.42. The summed E-state index contributed by atoms with van der Waals surface area (Å²) in [6, 6.07) is 10.6. The van der Waals surface area contributed by atoms with E-state index >= 15 is 0 Å². The largest absolute Gasteiger partial charge is 0.503 e. The van der Waals surface area contributed by atoms with Gasteiger partial charge in [-0.2, -0.15) is 0 Å². The van der Waals surface area contributed by atoms with Crippen molar-refractivity contribution < 1.29 is 28.4 Å². The predicted molar refractivity (Wildman–Crippen MR) is 136 cm³/mol. The molecule has 0 saturated heterocycles. The highest BCUT2D eigenvalue weighted by molar-refractivity contribution is 7.15. The summed E-state index contributed by atoms with van der Waals surface area (Å²) in [5, 5.41) is 10.0. The summed E-state index contributed by atoms with van der Waals surface area (Å²) < 4.78 is 35.2. The van der Waals surface area contributed by atoms with Gasteiger partial charge in [0.25, 0.3) is 5.56 Å². The molecular formula is C25H24ClFN2O6S. The van der Waals surface area contributed by atoms with Crippen molar-refractivity contribution in [1.82, 2.24) is 9.38 Å².